The number of halogens is 2. The summed E-state index contributed by atoms with van der Waals surface area (Å²) in [7, 11) is 0. The first-order valence-corrected chi connectivity index (χ1v) is 9.40. The molecule has 0 radical (unpaired) electrons. The van der Waals surface area contributed by atoms with Gasteiger partial charge < -0.3 is 24.3 Å². The van der Waals surface area contributed by atoms with Crippen LogP contribution >= 0.6 is 0 Å². The molecule has 3 rings (SSSR count). The highest BCUT2D eigenvalue weighted by atomic mass is 19.3. The van der Waals surface area contributed by atoms with Crippen LogP contribution in [-0.2, 0) is 10.3 Å². The number of hydrogen-bond donors (Lipinski definition) is 1. The quantitative estimate of drug-likeness (QED) is 0.639. The Bertz CT molecular complexity index is 943. The van der Waals surface area contributed by atoms with Gasteiger partial charge in [-0.2, -0.15) is 8.78 Å². The lowest BCUT2D eigenvalue weighted by Crippen LogP contribution is -2.40. The third-order valence-electron chi connectivity index (χ3n) is 4.44. The molecule has 1 heterocycles. The number of amides is 1. The molecule has 1 aliphatic rings. The summed E-state index contributed by atoms with van der Waals surface area (Å²) < 4.78 is 45.5. The van der Waals surface area contributed by atoms with Gasteiger partial charge >= 0.3 is 6.61 Å². The summed E-state index contributed by atoms with van der Waals surface area (Å²) in [6.45, 7) is 3.01. The third-order valence-corrected chi connectivity index (χ3v) is 4.44. The summed E-state index contributed by atoms with van der Waals surface area (Å²) in [5.74, 6) is 1.12. The topological polar surface area (TPSA) is 66.0 Å². The third kappa shape index (κ3) is 5.20. The van der Waals surface area contributed by atoms with Crippen molar-refractivity contribution in [2.75, 3.05) is 13.4 Å². The van der Waals surface area contributed by atoms with Crippen molar-refractivity contribution < 1.29 is 32.5 Å². The van der Waals surface area contributed by atoms with Gasteiger partial charge in [0, 0.05) is 6.08 Å². The smallest absolute Gasteiger partial charge is 0.387 e. The number of carbonyl (C=O) groups excluding carboxylic acids is 1. The maximum atomic E-state index is 12.5. The molecule has 160 valence electrons. The highest BCUT2D eigenvalue weighted by Crippen LogP contribution is 2.35. The summed E-state index contributed by atoms with van der Waals surface area (Å²) in [5.41, 5.74) is 0.810. The van der Waals surface area contributed by atoms with Gasteiger partial charge in [-0.15, -0.1) is 0 Å². The first-order chi connectivity index (χ1) is 14.3. The van der Waals surface area contributed by atoms with E-state index in [9.17, 15) is 13.6 Å². The fourth-order valence-corrected chi connectivity index (χ4v) is 2.97. The zero-order chi connectivity index (χ0) is 21.7. The van der Waals surface area contributed by atoms with Crippen molar-refractivity contribution >= 4 is 12.0 Å². The minimum Gasteiger partial charge on any atom is -0.490 e. The lowest BCUT2D eigenvalue weighted by molar-refractivity contribution is -0.118. The van der Waals surface area contributed by atoms with E-state index >= 15 is 0 Å². The van der Waals surface area contributed by atoms with E-state index in [1.165, 1.54) is 18.2 Å². The molecule has 0 aliphatic carbocycles. The standard InChI is InChI=1S/C22H23F2NO5/c1-4-27-18-11-14(5-8-17(18)30-21(23)24)6-10-20(26)25-22(2,3)15-7-9-16-19(12-15)29-13-28-16/h5-12,21H,4,13H2,1-3H3,(H,25,26)/b10-6+. The predicted octanol–water partition coefficient (Wildman–Crippen LogP) is 4.48. The molecule has 1 aliphatic heterocycles. The van der Waals surface area contributed by atoms with Crippen molar-refractivity contribution in [2.24, 2.45) is 0 Å². The minimum absolute atomic E-state index is 0.0580. The fourth-order valence-electron chi connectivity index (χ4n) is 2.97. The second-order valence-corrected chi connectivity index (χ2v) is 7.03. The normalized spacial score (nSPS) is 13.0. The predicted molar refractivity (Wildman–Crippen MR) is 107 cm³/mol. The Kier molecular flexibility index (Phi) is 6.44. The monoisotopic (exact) mass is 419 g/mol. The molecule has 2 aromatic carbocycles. The van der Waals surface area contributed by atoms with Gasteiger partial charge in [-0.05, 0) is 62.2 Å². The average Bonchev–Trinajstić information content (AvgIpc) is 3.15. The van der Waals surface area contributed by atoms with E-state index in [4.69, 9.17) is 14.2 Å². The SMILES string of the molecule is CCOc1cc(/C=C/C(=O)NC(C)(C)c2ccc3c(c2)OCO3)ccc1OC(F)F. The second-order valence-electron chi connectivity index (χ2n) is 7.03. The van der Waals surface area contributed by atoms with Crippen LogP contribution in [0.5, 0.6) is 23.0 Å². The van der Waals surface area contributed by atoms with Gasteiger partial charge in [-0.3, -0.25) is 4.79 Å². The van der Waals surface area contributed by atoms with Crippen LogP contribution in [0.1, 0.15) is 31.9 Å². The van der Waals surface area contributed by atoms with Crippen molar-refractivity contribution in [1.82, 2.24) is 5.32 Å². The van der Waals surface area contributed by atoms with Crippen LogP contribution in [0.2, 0.25) is 0 Å². The minimum atomic E-state index is -2.95. The van der Waals surface area contributed by atoms with Gasteiger partial charge in [0.15, 0.2) is 23.0 Å². The van der Waals surface area contributed by atoms with Gasteiger partial charge in [-0.25, -0.2) is 0 Å². The molecule has 0 saturated heterocycles. The van der Waals surface area contributed by atoms with Crippen LogP contribution in [0.3, 0.4) is 0 Å². The van der Waals surface area contributed by atoms with Crippen LogP contribution in [0.4, 0.5) is 8.78 Å². The Morgan fingerprint density at radius 3 is 2.67 bits per heavy atom. The van der Waals surface area contributed by atoms with Crippen LogP contribution in [-0.4, -0.2) is 25.9 Å². The van der Waals surface area contributed by atoms with Crippen LogP contribution in [0, 0.1) is 0 Å². The van der Waals surface area contributed by atoms with Gasteiger partial charge in [-0.1, -0.05) is 12.1 Å². The van der Waals surface area contributed by atoms with Crippen molar-refractivity contribution in [3.63, 3.8) is 0 Å². The highest BCUT2D eigenvalue weighted by molar-refractivity contribution is 5.92. The number of rotatable bonds is 8. The van der Waals surface area contributed by atoms with Crippen molar-refractivity contribution in [1.29, 1.82) is 0 Å². The van der Waals surface area contributed by atoms with Gasteiger partial charge in [0.1, 0.15) is 0 Å². The zero-order valence-electron chi connectivity index (χ0n) is 16.9. The first kappa shape index (κ1) is 21.4. The molecule has 6 nitrogen and oxygen atoms in total. The Balaban J connectivity index is 1.69. The molecule has 0 bridgehead atoms. The molecule has 1 N–H and O–H groups in total. The Morgan fingerprint density at radius 2 is 1.93 bits per heavy atom. The number of hydrogen-bond acceptors (Lipinski definition) is 5. The van der Waals surface area contributed by atoms with E-state index in [-0.39, 0.29) is 30.8 Å². The Labute approximate surface area is 173 Å². The van der Waals surface area contributed by atoms with Gasteiger partial charge in [0.25, 0.3) is 0 Å². The van der Waals surface area contributed by atoms with E-state index in [0.717, 1.165) is 5.56 Å². The molecular weight excluding hydrogens is 396 g/mol. The molecule has 0 aromatic heterocycles. The molecule has 0 atom stereocenters. The Hall–Kier alpha value is -3.29. The Morgan fingerprint density at radius 1 is 1.17 bits per heavy atom. The largest absolute Gasteiger partial charge is 0.490 e. The molecule has 0 fully saturated rings. The van der Waals surface area contributed by atoms with Gasteiger partial charge in [0.2, 0.25) is 12.7 Å². The molecule has 0 saturated carbocycles. The maximum absolute atomic E-state index is 12.5. The number of carbonyl (C=O) groups is 1. The molecule has 2 aromatic rings. The number of alkyl halides is 2. The van der Waals surface area contributed by atoms with Crippen molar-refractivity contribution in [2.45, 2.75) is 32.9 Å². The van der Waals surface area contributed by atoms with Crippen molar-refractivity contribution in [3.8, 4) is 23.0 Å². The number of fused-ring (bicyclic) bond motifs is 1. The first-order valence-electron chi connectivity index (χ1n) is 9.40. The second kappa shape index (κ2) is 9.02. The molecular formula is C22H23F2NO5. The number of ether oxygens (including phenoxy) is 4. The van der Waals surface area contributed by atoms with Crippen molar-refractivity contribution in [3.05, 3.63) is 53.6 Å². The van der Waals surface area contributed by atoms with E-state index in [1.807, 2.05) is 26.0 Å². The number of benzene rings is 2. The van der Waals surface area contributed by atoms with E-state index in [1.54, 1.807) is 25.1 Å². The summed E-state index contributed by atoms with van der Waals surface area (Å²) in [6.07, 6.45) is 2.94. The lowest BCUT2D eigenvalue weighted by atomic mass is 9.93. The van der Waals surface area contributed by atoms with E-state index in [0.29, 0.717) is 17.1 Å². The molecule has 0 spiro atoms. The summed E-state index contributed by atoms with van der Waals surface area (Å²) in [4.78, 5) is 12.5. The van der Waals surface area contributed by atoms with Gasteiger partial charge in [0.05, 0.1) is 12.1 Å². The van der Waals surface area contributed by atoms with Crippen LogP contribution in [0.25, 0.3) is 6.08 Å². The molecule has 0 unspecified atom stereocenters. The van der Waals surface area contributed by atoms with E-state index in [2.05, 4.69) is 10.1 Å². The van der Waals surface area contributed by atoms with Crippen LogP contribution in [0.15, 0.2) is 42.5 Å². The highest BCUT2D eigenvalue weighted by Gasteiger charge is 2.25. The lowest BCUT2D eigenvalue weighted by Gasteiger charge is -2.26. The fraction of sp³-hybridized carbons (Fsp3) is 0.318. The molecule has 30 heavy (non-hydrogen) atoms. The molecule has 1 amide bonds. The average molecular weight is 419 g/mol. The summed E-state index contributed by atoms with van der Waals surface area (Å²) in [6, 6.07) is 9.99. The zero-order valence-corrected chi connectivity index (χ0v) is 16.9. The summed E-state index contributed by atoms with van der Waals surface area (Å²) in [5, 5.41) is 2.93. The van der Waals surface area contributed by atoms with E-state index < -0.39 is 12.2 Å². The summed E-state index contributed by atoms with van der Waals surface area (Å²) >= 11 is 0. The maximum Gasteiger partial charge on any atom is 0.387 e. The molecule has 8 heteroatoms. The van der Waals surface area contributed by atoms with Crippen LogP contribution < -0.4 is 24.3 Å². The number of nitrogens with one attached hydrogen (secondary N) is 1.